The van der Waals surface area contributed by atoms with Crippen LogP contribution in [0, 0.1) is 6.92 Å². The van der Waals surface area contributed by atoms with Gasteiger partial charge >= 0.3 is 0 Å². The van der Waals surface area contributed by atoms with Crippen molar-refractivity contribution in [1.82, 2.24) is 29.8 Å². The maximum absolute atomic E-state index is 14.0. The quantitative estimate of drug-likeness (QED) is 0.229. The molecule has 2 N–H and O–H groups in total. The van der Waals surface area contributed by atoms with Gasteiger partial charge in [-0.3, -0.25) is 19.3 Å². The minimum atomic E-state index is -0.289. The Kier molecular flexibility index (Phi) is 7.66. The van der Waals surface area contributed by atoms with E-state index in [1.807, 2.05) is 43.3 Å². The molecule has 2 fully saturated rings. The van der Waals surface area contributed by atoms with Gasteiger partial charge in [0.1, 0.15) is 11.4 Å². The van der Waals surface area contributed by atoms with Crippen molar-refractivity contribution in [2.75, 3.05) is 30.4 Å². The Hall–Kier alpha value is -4.83. The summed E-state index contributed by atoms with van der Waals surface area (Å²) in [6, 6.07) is 18.1. The number of nitrogens with zero attached hydrogens (tertiary/aromatic N) is 6. The van der Waals surface area contributed by atoms with Crippen LogP contribution in [-0.4, -0.2) is 50.7 Å². The first-order valence-corrected chi connectivity index (χ1v) is 15.3. The summed E-state index contributed by atoms with van der Waals surface area (Å²) in [5.74, 6) is 1.62. The van der Waals surface area contributed by atoms with Crippen LogP contribution < -0.4 is 25.8 Å². The molecule has 10 nitrogen and oxygen atoms in total. The molecule has 2 aliphatic rings. The summed E-state index contributed by atoms with van der Waals surface area (Å²) in [6.07, 6.45) is 9.66. The molecule has 10 heteroatoms. The van der Waals surface area contributed by atoms with E-state index in [0.717, 1.165) is 54.3 Å². The number of pyridine rings is 1. The molecule has 224 valence electrons. The number of para-hydroxylation sites is 1. The van der Waals surface area contributed by atoms with Crippen molar-refractivity contribution in [3.8, 4) is 11.5 Å². The first-order chi connectivity index (χ1) is 21.5. The Morgan fingerprint density at radius 2 is 1.84 bits per heavy atom. The van der Waals surface area contributed by atoms with Gasteiger partial charge in [-0.1, -0.05) is 18.2 Å². The van der Waals surface area contributed by atoms with Gasteiger partial charge in [0, 0.05) is 60.9 Å². The highest BCUT2D eigenvalue weighted by Gasteiger charge is 2.28. The number of rotatable bonds is 9. The van der Waals surface area contributed by atoms with Crippen LogP contribution in [0.15, 0.2) is 78.0 Å². The molecule has 1 saturated carbocycles. The predicted molar refractivity (Wildman–Crippen MR) is 172 cm³/mol. The molecule has 0 amide bonds. The van der Waals surface area contributed by atoms with Gasteiger partial charge in [-0.2, -0.15) is 4.98 Å². The lowest BCUT2D eigenvalue weighted by atomic mass is 10.1. The molecule has 2 aromatic carbocycles. The number of likely N-dealkylation sites (N-methyl/N-ethyl adjacent to an activating group) is 1. The van der Waals surface area contributed by atoms with Crippen molar-refractivity contribution in [2.45, 2.75) is 51.1 Å². The van der Waals surface area contributed by atoms with Gasteiger partial charge in [-0.15, -0.1) is 0 Å². The van der Waals surface area contributed by atoms with Crippen LogP contribution in [0.3, 0.4) is 0 Å². The van der Waals surface area contributed by atoms with E-state index in [-0.39, 0.29) is 17.9 Å². The van der Waals surface area contributed by atoms with E-state index in [0.29, 0.717) is 34.7 Å². The van der Waals surface area contributed by atoms with Crippen LogP contribution in [0.2, 0.25) is 0 Å². The molecule has 1 aliphatic heterocycles. The Balaban J connectivity index is 1.22. The molecule has 5 aromatic rings. The number of aryl methyl sites for hydroxylation is 1. The van der Waals surface area contributed by atoms with Crippen LogP contribution in [0.5, 0.6) is 11.5 Å². The first-order valence-electron chi connectivity index (χ1n) is 15.3. The Bertz CT molecular complexity index is 1850. The van der Waals surface area contributed by atoms with Gasteiger partial charge in [0.2, 0.25) is 5.95 Å². The van der Waals surface area contributed by atoms with Gasteiger partial charge in [0.25, 0.3) is 5.56 Å². The van der Waals surface area contributed by atoms with Crippen molar-refractivity contribution in [3.63, 3.8) is 0 Å². The monoisotopic (exact) mass is 588 g/mol. The third kappa shape index (κ3) is 5.85. The second kappa shape index (κ2) is 12.0. The Morgan fingerprint density at radius 3 is 2.61 bits per heavy atom. The molecule has 7 rings (SSSR count). The summed E-state index contributed by atoms with van der Waals surface area (Å²) < 4.78 is 7.80. The molecule has 1 aliphatic carbocycles. The average Bonchev–Trinajstić information content (AvgIpc) is 3.91. The second-order valence-corrected chi connectivity index (χ2v) is 11.7. The van der Waals surface area contributed by atoms with Crippen LogP contribution in [0.25, 0.3) is 11.0 Å². The van der Waals surface area contributed by atoms with E-state index in [1.54, 1.807) is 29.2 Å². The number of fused-ring (bicyclic) bond motifs is 1. The van der Waals surface area contributed by atoms with Gasteiger partial charge < -0.3 is 20.3 Å². The van der Waals surface area contributed by atoms with Crippen LogP contribution >= 0.6 is 0 Å². The van der Waals surface area contributed by atoms with E-state index in [2.05, 4.69) is 49.7 Å². The summed E-state index contributed by atoms with van der Waals surface area (Å²) in [7, 11) is 2.15. The summed E-state index contributed by atoms with van der Waals surface area (Å²) in [6.45, 7) is 4.27. The summed E-state index contributed by atoms with van der Waals surface area (Å²) in [5, 5.41) is 7.50. The number of ether oxygens (including phenoxy) is 1. The fourth-order valence-corrected chi connectivity index (χ4v) is 5.83. The number of aromatic nitrogens is 5. The van der Waals surface area contributed by atoms with Gasteiger partial charge in [-0.05, 0) is 81.1 Å². The Labute approximate surface area is 256 Å². The number of hydrogen-bond acceptors (Lipinski definition) is 9. The third-order valence-corrected chi connectivity index (χ3v) is 8.54. The fraction of sp³-hybridized carbons (Fsp3) is 0.324. The molecule has 1 atom stereocenters. The van der Waals surface area contributed by atoms with Gasteiger partial charge in [0.05, 0.1) is 17.9 Å². The first kappa shape index (κ1) is 28.0. The number of anilines is 3. The molecule has 44 heavy (non-hydrogen) atoms. The van der Waals surface area contributed by atoms with Crippen LogP contribution in [0.4, 0.5) is 17.3 Å². The van der Waals surface area contributed by atoms with Crippen molar-refractivity contribution in [2.24, 2.45) is 0 Å². The molecule has 0 radical (unpaired) electrons. The number of benzene rings is 2. The maximum atomic E-state index is 14.0. The van der Waals surface area contributed by atoms with Crippen molar-refractivity contribution >= 4 is 28.4 Å². The number of nitrogens with one attached hydrogen (secondary N) is 2. The van der Waals surface area contributed by atoms with Crippen molar-refractivity contribution < 1.29 is 4.74 Å². The zero-order valence-corrected chi connectivity index (χ0v) is 25.0. The van der Waals surface area contributed by atoms with E-state index < -0.39 is 0 Å². The third-order valence-electron chi connectivity index (χ3n) is 8.54. The minimum Gasteiger partial charge on any atom is -0.451 e. The SMILES string of the molecule is Cc1ccccc1Oc1cc2cnc(Nc3ccc(N(C)C4CCCNC4)cc3)nc2n(Cc2nccnc2C2CC2)c1=O. The zero-order chi connectivity index (χ0) is 30.0. The molecule has 0 bridgehead atoms. The molecule has 0 spiro atoms. The Morgan fingerprint density at radius 1 is 1.02 bits per heavy atom. The minimum absolute atomic E-state index is 0.209. The van der Waals surface area contributed by atoms with Crippen LogP contribution in [0.1, 0.15) is 48.6 Å². The predicted octanol–water partition coefficient (Wildman–Crippen LogP) is 5.54. The molecule has 1 saturated heterocycles. The highest BCUT2D eigenvalue weighted by molar-refractivity contribution is 5.77. The lowest BCUT2D eigenvalue weighted by Gasteiger charge is -2.33. The molecular formula is C34H36N8O2. The van der Waals surface area contributed by atoms with E-state index in [4.69, 9.17) is 9.72 Å². The van der Waals surface area contributed by atoms with Gasteiger partial charge in [-0.25, -0.2) is 4.98 Å². The van der Waals surface area contributed by atoms with Crippen LogP contribution in [-0.2, 0) is 6.54 Å². The standard InChI is InChI=1S/C34H36N8O2/c1-22-6-3-4-8-29(22)44-30-18-24-19-38-34(39-25-11-13-26(14-12-25)41(2)27-7-5-15-35-20-27)40-32(24)42(33(30)43)21-28-31(23-9-10-23)37-17-16-36-28/h3-4,6,8,11-14,16-19,23,27,35H,5,7,9-10,15,20-21H2,1-2H3,(H,38,39,40). The summed E-state index contributed by atoms with van der Waals surface area (Å²) in [5.41, 5.74) is 4.88. The van der Waals surface area contributed by atoms with Crippen molar-refractivity contribution in [1.29, 1.82) is 0 Å². The largest absolute Gasteiger partial charge is 0.451 e. The smallest absolute Gasteiger partial charge is 0.295 e. The lowest BCUT2D eigenvalue weighted by molar-refractivity contribution is 0.445. The molecule has 3 aromatic heterocycles. The molecular weight excluding hydrogens is 552 g/mol. The van der Waals surface area contributed by atoms with E-state index >= 15 is 0 Å². The maximum Gasteiger partial charge on any atom is 0.295 e. The normalized spacial score (nSPS) is 16.5. The highest BCUT2D eigenvalue weighted by atomic mass is 16.5. The fourth-order valence-electron chi connectivity index (χ4n) is 5.83. The highest BCUT2D eigenvalue weighted by Crippen LogP contribution is 2.40. The average molecular weight is 589 g/mol. The zero-order valence-electron chi connectivity index (χ0n) is 25.0. The van der Waals surface area contributed by atoms with E-state index in [9.17, 15) is 4.79 Å². The molecule has 4 heterocycles. The number of piperidine rings is 1. The topological polar surface area (TPSA) is 110 Å². The molecule has 1 unspecified atom stereocenters. The van der Waals surface area contributed by atoms with E-state index in [1.165, 1.54) is 12.8 Å². The summed E-state index contributed by atoms with van der Waals surface area (Å²) in [4.78, 5) is 35.0. The lowest BCUT2D eigenvalue weighted by Crippen LogP contribution is -2.44. The van der Waals surface area contributed by atoms with Crippen molar-refractivity contribution in [3.05, 3.63) is 100 Å². The number of hydrogen-bond donors (Lipinski definition) is 2. The summed E-state index contributed by atoms with van der Waals surface area (Å²) >= 11 is 0. The van der Waals surface area contributed by atoms with Gasteiger partial charge in [0.15, 0.2) is 5.75 Å². The second-order valence-electron chi connectivity index (χ2n) is 11.7.